The quantitative estimate of drug-likeness (QED) is 0.663. The van der Waals surface area contributed by atoms with Gasteiger partial charge in [0.05, 0.1) is 4.88 Å². The minimum Gasteiger partial charge on any atom is -0.482 e. The molecule has 3 nitrogen and oxygen atoms in total. The number of carbonyl (C=O) groups is 1. The first kappa shape index (κ1) is 12.6. The van der Waals surface area contributed by atoms with Crippen molar-refractivity contribution in [1.82, 2.24) is 0 Å². The van der Waals surface area contributed by atoms with E-state index in [4.69, 9.17) is 10.5 Å². The minimum absolute atomic E-state index is 0.0231. The van der Waals surface area contributed by atoms with E-state index < -0.39 is 6.10 Å². The number of ether oxygens (including phenoxy) is 1. The van der Waals surface area contributed by atoms with Crippen LogP contribution in [0.15, 0.2) is 41.8 Å². The zero-order valence-electron chi connectivity index (χ0n) is 10.1. The summed E-state index contributed by atoms with van der Waals surface area (Å²) in [6.45, 7) is 1.93. The molecule has 0 saturated heterocycles. The average molecular weight is 261 g/mol. The fourth-order valence-electron chi connectivity index (χ4n) is 1.65. The van der Waals surface area contributed by atoms with E-state index in [1.54, 1.807) is 18.2 Å². The maximum absolute atomic E-state index is 12.2. The molecule has 94 valence electrons. The second kappa shape index (κ2) is 5.69. The predicted octanol–water partition coefficient (Wildman–Crippen LogP) is 3.37. The van der Waals surface area contributed by atoms with Gasteiger partial charge in [0.25, 0.3) is 0 Å². The van der Waals surface area contributed by atoms with Gasteiger partial charge in [-0.05, 0) is 30.0 Å². The summed E-state index contributed by atoms with van der Waals surface area (Å²) in [5, 5.41) is 1.89. The van der Waals surface area contributed by atoms with Crippen molar-refractivity contribution in [3.05, 3.63) is 46.7 Å². The number of anilines is 1. The summed E-state index contributed by atoms with van der Waals surface area (Å²) < 4.78 is 5.71. The fraction of sp³-hybridized carbons (Fsp3) is 0.214. The van der Waals surface area contributed by atoms with Crippen molar-refractivity contribution in [2.24, 2.45) is 0 Å². The Morgan fingerprint density at radius 2 is 2.22 bits per heavy atom. The standard InChI is InChI=1S/C14H15NO2S/c1-2-12(14(16)13-7-4-8-18-13)17-11-6-3-5-10(15)9-11/h3-9,12H,2,15H2,1H3. The number of nitrogen functional groups attached to an aromatic ring is 1. The number of hydrogen-bond acceptors (Lipinski definition) is 4. The molecule has 1 unspecified atom stereocenters. The number of thiophene rings is 1. The second-order valence-electron chi connectivity index (χ2n) is 3.93. The molecule has 18 heavy (non-hydrogen) atoms. The van der Waals surface area contributed by atoms with E-state index in [2.05, 4.69) is 0 Å². The maximum Gasteiger partial charge on any atom is 0.213 e. The van der Waals surface area contributed by atoms with Crippen molar-refractivity contribution in [3.63, 3.8) is 0 Å². The lowest BCUT2D eigenvalue weighted by atomic mass is 10.1. The van der Waals surface area contributed by atoms with Gasteiger partial charge in [-0.2, -0.15) is 0 Å². The summed E-state index contributed by atoms with van der Waals surface area (Å²) >= 11 is 1.43. The average Bonchev–Trinajstić information content (AvgIpc) is 2.89. The van der Waals surface area contributed by atoms with Crippen LogP contribution in [0, 0.1) is 0 Å². The number of rotatable bonds is 5. The molecule has 0 aliphatic carbocycles. The van der Waals surface area contributed by atoms with Crippen LogP contribution in [0.25, 0.3) is 0 Å². The van der Waals surface area contributed by atoms with Gasteiger partial charge in [0, 0.05) is 11.8 Å². The van der Waals surface area contributed by atoms with Gasteiger partial charge in [0.2, 0.25) is 5.78 Å². The van der Waals surface area contributed by atoms with Crippen molar-refractivity contribution in [3.8, 4) is 5.75 Å². The van der Waals surface area contributed by atoms with Crippen LogP contribution in [0.5, 0.6) is 5.75 Å². The van der Waals surface area contributed by atoms with Gasteiger partial charge in [0.1, 0.15) is 5.75 Å². The Bertz CT molecular complexity index is 522. The van der Waals surface area contributed by atoms with Crippen molar-refractivity contribution >= 4 is 22.8 Å². The molecule has 0 aliphatic heterocycles. The first-order valence-electron chi connectivity index (χ1n) is 5.80. The van der Waals surface area contributed by atoms with E-state index in [1.165, 1.54) is 11.3 Å². The van der Waals surface area contributed by atoms with E-state index >= 15 is 0 Å². The Morgan fingerprint density at radius 1 is 1.39 bits per heavy atom. The number of Topliss-reactive ketones (excluding diaryl/α,β-unsaturated/α-hetero) is 1. The van der Waals surface area contributed by atoms with Crippen LogP contribution in [0.1, 0.15) is 23.0 Å². The van der Waals surface area contributed by atoms with Crippen molar-refractivity contribution in [1.29, 1.82) is 0 Å². The Hall–Kier alpha value is -1.81. The smallest absolute Gasteiger partial charge is 0.213 e. The van der Waals surface area contributed by atoms with E-state index in [-0.39, 0.29) is 5.78 Å². The highest BCUT2D eigenvalue weighted by atomic mass is 32.1. The van der Waals surface area contributed by atoms with Crippen LogP contribution in [0.2, 0.25) is 0 Å². The van der Waals surface area contributed by atoms with Gasteiger partial charge < -0.3 is 10.5 Å². The van der Waals surface area contributed by atoms with Crippen LogP contribution >= 0.6 is 11.3 Å². The highest BCUT2D eigenvalue weighted by Crippen LogP contribution is 2.20. The normalized spacial score (nSPS) is 12.1. The molecule has 0 spiro atoms. The predicted molar refractivity (Wildman–Crippen MR) is 74.2 cm³/mol. The van der Waals surface area contributed by atoms with E-state index in [0.29, 0.717) is 17.9 Å². The minimum atomic E-state index is -0.453. The van der Waals surface area contributed by atoms with Gasteiger partial charge in [-0.15, -0.1) is 11.3 Å². The molecular weight excluding hydrogens is 246 g/mol. The van der Waals surface area contributed by atoms with Crippen molar-refractivity contribution in [2.75, 3.05) is 5.73 Å². The number of benzene rings is 1. The number of hydrogen-bond donors (Lipinski definition) is 1. The molecular formula is C14H15NO2S. The summed E-state index contributed by atoms with van der Waals surface area (Å²) in [6, 6.07) is 10.8. The molecule has 2 aromatic rings. The zero-order valence-corrected chi connectivity index (χ0v) is 10.9. The molecule has 4 heteroatoms. The molecule has 0 bridgehead atoms. The Balaban J connectivity index is 2.12. The highest BCUT2D eigenvalue weighted by Gasteiger charge is 2.20. The molecule has 0 amide bonds. The summed E-state index contributed by atoms with van der Waals surface area (Å²) in [6.07, 6.45) is 0.177. The van der Waals surface area contributed by atoms with E-state index in [9.17, 15) is 4.79 Å². The molecule has 1 aromatic carbocycles. The van der Waals surface area contributed by atoms with Gasteiger partial charge in [0.15, 0.2) is 6.10 Å². The second-order valence-corrected chi connectivity index (χ2v) is 4.88. The lowest BCUT2D eigenvalue weighted by Gasteiger charge is -2.15. The number of nitrogens with two attached hydrogens (primary N) is 1. The SMILES string of the molecule is CCC(Oc1cccc(N)c1)C(=O)c1cccs1. The van der Waals surface area contributed by atoms with Crippen molar-refractivity contribution < 1.29 is 9.53 Å². The third-order valence-electron chi connectivity index (χ3n) is 2.56. The van der Waals surface area contributed by atoms with Crippen LogP contribution in [0.3, 0.4) is 0 Å². The molecule has 0 fully saturated rings. The number of ketones is 1. The summed E-state index contributed by atoms with van der Waals surface area (Å²) in [5.74, 6) is 0.654. The van der Waals surface area contributed by atoms with Gasteiger partial charge in [-0.3, -0.25) is 4.79 Å². The molecule has 0 radical (unpaired) electrons. The molecule has 0 saturated carbocycles. The molecule has 1 heterocycles. The molecule has 1 atom stereocenters. The largest absolute Gasteiger partial charge is 0.482 e. The Morgan fingerprint density at radius 3 is 2.83 bits per heavy atom. The summed E-state index contributed by atoms with van der Waals surface area (Å²) in [4.78, 5) is 12.9. The molecule has 2 N–H and O–H groups in total. The van der Waals surface area contributed by atoms with Gasteiger partial charge in [-0.1, -0.05) is 19.1 Å². The first-order chi connectivity index (χ1) is 8.70. The van der Waals surface area contributed by atoms with Crippen LogP contribution in [-0.4, -0.2) is 11.9 Å². The third-order valence-corrected chi connectivity index (χ3v) is 3.45. The monoisotopic (exact) mass is 261 g/mol. The van der Waals surface area contributed by atoms with E-state index in [0.717, 1.165) is 4.88 Å². The fourth-order valence-corrected chi connectivity index (χ4v) is 2.36. The Labute approximate surface area is 110 Å². The summed E-state index contributed by atoms with van der Waals surface area (Å²) in [5.41, 5.74) is 6.31. The molecule has 1 aromatic heterocycles. The molecule has 2 rings (SSSR count). The zero-order chi connectivity index (χ0) is 13.0. The van der Waals surface area contributed by atoms with Gasteiger partial charge in [-0.25, -0.2) is 0 Å². The van der Waals surface area contributed by atoms with Crippen LogP contribution in [-0.2, 0) is 0 Å². The maximum atomic E-state index is 12.2. The number of carbonyl (C=O) groups excluding carboxylic acids is 1. The van der Waals surface area contributed by atoms with Gasteiger partial charge >= 0.3 is 0 Å². The topological polar surface area (TPSA) is 52.3 Å². The Kier molecular flexibility index (Phi) is 3.99. The van der Waals surface area contributed by atoms with E-state index in [1.807, 2.05) is 30.5 Å². The molecule has 0 aliphatic rings. The lowest BCUT2D eigenvalue weighted by Crippen LogP contribution is -2.26. The lowest BCUT2D eigenvalue weighted by molar-refractivity contribution is 0.0791. The third kappa shape index (κ3) is 2.90. The summed E-state index contributed by atoms with van der Waals surface area (Å²) in [7, 11) is 0. The van der Waals surface area contributed by atoms with Crippen LogP contribution < -0.4 is 10.5 Å². The first-order valence-corrected chi connectivity index (χ1v) is 6.68. The highest BCUT2D eigenvalue weighted by molar-refractivity contribution is 7.12. The van der Waals surface area contributed by atoms with Crippen LogP contribution in [0.4, 0.5) is 5.69 Å². The van der Waals surface area contributed by atoms with Crippen molar-refractivity contribution in [2.45, 2.75) is 19.4 Å².